The van der Waals surface area contributed by atoms with Crippen molar-refractivity contribution in [3.05, 3.63) is 63.4 Å². The van der Waals surface area contributed by atoms with E-state index in [0.29, 0.717) is 11.3 Å². The number of nitrogens with one attached hydrogen (secondary N) is 1. The summed E-state index contributed by atoms with van der Waals surface area (Å²) in [5.41, 5.74) is 2.80. The van der Waals surface area contributed by atoms with Crippen LogP contribution in [0.1, 0.15) is 21.5 Å². The van der Waals surface area contributed by atoms with Crippen LogP contribution in [0.4, 0.5) is 10.1 Å². The number of anilines is 1. The minimum absolute atomic E-state index is 0.307. The molecule has 2 rings (SSSR count). The predicted molar refractivity (Wildman–Crippen MR) is 78.0 cm³/mol. The lowest BCUT2D eigenvalue weighted by atomic mass is 10.1. The molecule has 1 amide bonds. The summed E-state index contributed by atoms with van der Waals surface area (Å²) in [5, 5.41) is 2.77. The fourth-order valence-electron chi connectivity index (χ4n) is 1.76. The van der Waals surface area contributed by atoms with E-state index in [1.807, 2.05) is 19.1 Å². The minimum Gasteiger partial charge on any atom is -0.322 e. The van der Waals surface area contributed by atoms with Crippen LogP contribution in [0.25, 0.3) is 0 Å². The predicted octanol–water partition coefficient (Wildman–Crippen LogP) is 4.46. The van der Waals surface area contributed by atoms with E-state index in [1.165, 1.54) is 12.1 Å². The van der Waals surface area contributed by atoms with Gasteiger partial charge >= 0.3 is 0 Å². The Bertz CT molecular complexity index is 640. The van der Waals surface area contributed by atoms with E-state index in [9.17, 15) is 9.18 Å². The van der Waals surface area contributed by atoms with Gasteiger partial charge in [-0.05, 0) is 55.3 Å². The van der Waals surface area contributed by atoms with Gasteiger partial charge in [0.25, 0.3) is 5.91 Å². The lowest BCUT2D eigenvalue weighted by Gasteiger charge is -2.09. The van der Waals surface area contributed by atoms with Gasteiger partial charge in [-0.1, -0.05) is 22.0 Å². The van der Waals surface area contributed by atoms with E-state index in [1.54, 1.807) is 19.1 Å². The maximum atomic E-state index is 13.2. The van der Waals surface area contributed by atoms with Gasteiger partial charge in [-0.3, -0.25) is 4.79 Å². The second-order valence-electron chi connectivity index (χ2n) is 4.38. The normalized spacial score (nSPS) is 10.3. The zero-order valence-electron chi connectivity index (χ0n) is 10.6. The number of halogens is 2. The number of benzene rings is 2. The van der Waals surface area contributed by atoms with Crippen LogP contribution in [0.5, 0.6) is 0 Å². The first-order chi connectivity index (χ1) is 8.97. The summed E-state index contributed by atoms with van der Waals surface area (Å²) in [6.45, 7) is 3.72. The summed E-state index contributed by atoms with van der Waals surface area (Å²) < 4.78 is 14.2. The highest BCUT2D eigenvalue weighted by molar-refractivity contribution is 9.10. The van der Waals surface area contributed by atoms with Crippen LogP contribution in [0.3, 0.4) is 0 Å². The van der Waals surface area contributed by atoms with E-state index < -0.39 is 5.82 Å². The third-order valence-electron chi connectivity index (χ3n) is 2.86. The second-order valence-corrected chi connectivity index (χ2v) is 5.23. The molecule has 0 aliphatic rings. The molecule has 0 heterocycles. The van der Waals surface area contributed by atoms with Crippen LogP contribution < -0.4 is 5.32 Å². The fourth-order valence-corrected chi connectivity index (χ4v) is 2.01. The van der Waals surface area contributed by atoms with Crippen molar-refractivity contribution in [3.8, 4) is 0 Å². The number of carbonyl (C=O) groups excluding carboxylic acids is 1. The molecule has 0 unspecified atom stereocenters. The first-order valence-electron chi connectivity index (χ1n) is 5.81. The molecule has 0 aliphatic carbocycles. The van der Waals surface area contributed by atoms with E-state index in [0.717, 1.165) is 15.6 Å². The molecule has 0 saturated carbocycles. The average Bonchev–Trinajstić information content (AvgIpc) is 2.36. The zero-order valence-corrected chi connectivity index (χ0v) is 12.2. The van der Waals surface area contributed by atoms with Gasteiger partial charge in [0.15, 0.2) is 0 Å². The average molecular weight is 322 g/mol. The first kappa shape index (κ1) is 13.7. The molecule has 0 aliphatic heterocycles. The highest BCUT2D eigenvalue weighted by Crippen LogP contribution is 2.21. The van der Waals surface area contributed by atoms with Crippen LogP contribution in [0, 0.1) is 19.7 Å². The Hall–Kier alpha value is -1.68. The van der Waals surface area contributed by atoms with E-state index >= 15 is 0 Å². The zero-order chi connectivity index (χ0) is 14.0. The number of amides is 1. The standard InChI is InChI=1S/C15H13BrFNO/c1-9-3-4-11(17)8-13(9)15(19)18-12-5-6-14(16)10(2)7-12/h3-8H,1-2H3,(H,18,19). The van der Waals surface area contributed by atoms with Crippen molar-refractivity contribution in [1.29, 1.82) is 0 Å². The highest BCUT2D eigenvalue weighted by atomic mass is 79.9. The summed E-state index contributed by atoms with van der Waals surface area (Å²) in [5.74, 6) is -0.721. The minimum atomic E-state index is -0.414. The molecule has 2 nitrogen and oxygen atoms in total. The Morgan fingerprint density at radius 2 is 1.84 bits per heavy atom. The molecule has 0 aromatic heterocycles. The lowest BCUT2D eigenvalue weighted by Crippen LogP contribution is -2.13. The topological polar surface area (TPSA) is 29.1 Å². The van der Waals surface area contributed by atoms with Crippen LogP contribution in [0.15, 0.2) is 40.9 Å². The summed E-state index contributed by atoms with van der Waals surface area (Å²) >= 11 is 3.40. The molecule has 0 spiro atoms. The van der Waals surface area contributed by atoms with Crippen LogP contribution in [0.2, 0.25) is 0 Å². The van der Waals surface area contributed by atoms with Gasteiger partial charge in [-0.15, -0.1) is 0 Å². The molecule has 19 heavy (non-hydrogen) atoms. The maximum absolute atomic E-state index is 13.2. The largest absolute Gasteiger partial charge is 0.322 e. The summed E-state index contributed by atoms with van der Waals surface area (Å²) in [6, 6.07) is 9.70. The molecule has 2 aromatic rings. The van der Waals surface area contributed by atoms with E-state index in [2.05, 4.69) is 21.2 Å². The number of aryl methyl sites for hydroxylation is 2. The quantitative estimate of drug-likeness (QED) is 0.869. The SMILES string of the molecule is Cc1cc(NC(=O)c2cc(F)ccc2C)ccc1Br. The number of rotatable bonds is 2. The van der Waals surface area contributed by atoms with Crippen molar-refractivity contribution >= 4 is 27.5 Å². The van der Waals surface area contributed by atoms with Gasteiger partial charge in [0.1, 0.15) is 5.82 Å². The van der Waals surface area contributed by atoms with Crippen molar-refractivity contribution in [2.24, 2.45) is 0 Å². The molecule has 98 valence electrons. The monoisotopic (exact) mass is 321 g/mol. The number of carbonyl (C=O) groups is 1. The Morgan fingerprint density at radius 1 is 1.11 bits per heavy atom. The molecule has 2 aromatic carbocycles. The van der Waals surface area contributed by atoms with Crippen LogP contribution >= 0.6 is 15.9 Å². The molecule has 0 fully saturated rings. The van der Waals surface area contributed by atoms with Crippen LogP contribution in [-0.2, 0) is 0 Å². The summed E-state index contributed by atoms with van der Waals surface area (Å²) in [7, 11) is 0. The number of hydrogen-bond donors (Lipinski definition) is 1. The Labute approximate surface area is 119 Å². The molecule has 0 saturated heterocycles. The van der Waals surface area contributed by atoms with Gasteiger partial charge in [-0.25, -0.2) is 4.39 Å². The van der Waals surface area contributed by atoms with Gasteiger partial charge in [0.2, 0.25) is 0 Å². The molecule has 0 bridgehead atoms. The smallest absolute Gasteiger partial charge is 0.256 e. The first-order valence-corrected chi connectivity index (χ1v) is 6.60. The third-order valence-corrected chi connectivity index (χ3v) is 3.75. The summed E-state index contributed by atoms with van der Waals surface area (Å²) in [6.07, 6.45) is 0. The highest BCUT2D eigenvalue weighted by Gasteiger charge is 2.10. The molecule has 0 radical (unpaired) electrons. The van der Waals surface area contributed by atoms with Crippen LogP contribution in [-0.4, -0.2) is 5.91 Å². The van der Waals surface area contributed by atoms with Gasteiger partial charge in [-0.2, -0.15) is 0 Å². The Kier molecular flexibility index (Phi) is 4.00. The number of hydrogen-bond acceptors (Lipinski definition) is 1. The Balaban J connectivity index is 2.25. The van der Waals surface area contributed by atoms with Crippen molar-refractivity contribution in [2.75, 3.05) is 5.32 Å². The molecule has 0 atom stereocenters. The van der Waals surface area contributed by atoms with Crippen molar-refractivity contribution in [1.82, 2.24) is 0 Å². The Morgan fingerprint density at radius 3 is 2.53 bits per heavy atom. The van der Waals surface area contributed by atoms with E-state index in [4.69, 9.17) is 0 Å². The third kappa shape index (κ3) is 3.20. The van der Waals surface area contributed by atoms with Crippen molar-refractivity contribution in [2.45, 2.75) is 13.8 Å². The molecular formula is C15H13BrFNO. The van der Waals surface area contributed by atoms with E-state index in [-0.39, 0.29) is 5.91 Å². The van der Waals surface area contributed by atoms with Crippen molar-refractivity contribution < 1.29 is 9.18 Å². The molecule has 4 heteroatoms. The molecule has 1 N–H and O–H groups in total. The van der Waals surface area contributed by atoms with Gasteiger partial charge in [0, 0.05) is 15.7 Å². The lowest BCUT2D eigenvalue weighted by molar-refractivity contribution is 0.102. The second kappa shape index (κ2) is 5.53. The maximum Gasteiger partial charge on any atom is 0.256 e. The fraction of sp³-hybridized carbons (Fsp3) is 0.133. The van der Waals surface area contributed by atoms with Gasteiger partial charge < -0.3 is 5.32 Å². The van der Waals surface area contributed by atoms with Gasteiger partial charge in [0.05, 0.1) is 0 Å². The molecular weight excluding hydrogens is 309 g/mol. The van der Waals surface area contributed by atoms with Crippen molar-refractivity contribution in [3.63, 3.8) is 0 Å². The summed E-state index contributed by atoms with van der Waals surface area (Å²) in [4.78, 5) is 12.1.